The minimum absolute atomic E-state index is 0. The van der Waals surface area contributed by atoms with Crippen molar-refractivity contribution in [1.29, 1.82) is 0 Å². The molecule has 0 saturated carbocycles. The number of hydrogen-bond donors (Lipinski definition) is 2. The maximum absolute atomic E-state index is 5.86. The SMILES string of the molecule is CCCCOCCNC(=NC)NCCc1ccc(Cl)cc1.I. The van der Waals surface area contributed by atoms with Crippen molar-refractivity contribution in [3.05, 3.63) is 34.9 Å². The van der Waals surface area contributed by atoms with Crippen LogP contribution in [-0.4, -0.2) is 39.3 Å². The summed E-state index contributed by atoms with van der Waals surface area (Å²) in [6.07, 6.45) is 3.22. The van der Waals surface area contributed by atoms with Crippen LogP contribution in [0.3, 0.4) is 0 Å². The Bertz CT molecular complexity index is 412. The van der Waals surface area contributed by atoms with Crippen molar-refractivity contribution in [1.82, 2.24) is 10.6 Å². The Balaban J connectivity index is 0.00000441. The maximum atomic E-state index is 5.86. The average molecular weight is 440 g/mol. The summed E-state index contributed by atoms with van der Waals surface area (Å²) in [7, 11) is 1.77. The fourth-order valence-electron chi connectivity index (χ4n) is 1.79. The van der Waals surface area contributed by atoms with Gasteiger partial charge in [0.25, 0.3) is 0 Å². The second-order valence-corrected chi connectivity index (χ2v) is 5.20. The van der Waals surface area contributed by atoms with Crippen LogP contribution in [0.5, 0.6) is 0 Å². The van der Waals surface area contributed by atoms with Crippen LogP contribution in [-0.2, 0) is 11.2 Å². The van der Waals surface area contributed by atoms with Gasteiger partial charge in [0.1, 0.15) is 0 Å². The number of guanidine groups is 1. The molecule has 0 atom stereocenters. The zero-order valence-electron chi connectivity index (χ0n) is 13.4. The number of halogens is 2. The second kappa shape index (κ2) is 14.1. The number of aliphatic imine (C=N–C) groups is 1. The number of benzene rings is 1. The lowest BCUT2D eigenvalue weighted by molar-refractivity contribution is 0.136. The molecule has 0 unspecified atom stereocenters. The molecule has 0 bridgehead atoms. The van der Waals surface area contributed by atoms with Crippen molar-refractivity contribution in [2.24, 2.45) is 4.99 Å². The first-order chi connectivity index (χ1) is 10.3. The monoisotopic (exact) mass is 439 g/mol. The van der Waals surface area contributed by atoms with Crippen LogP contribution < -0.4 is 10.6 Å². The molecule has 0 spiro atoms. The number of unbranched alkanes of at least 4 members (excludes halogenated alkanes) is 1. The van der Waals surface area contributed by atoms with Crippen LogP contribution in [0.2, 0.25) is 5.02 Å². The molecule has 1 aromatic rings. The van der Waals surface area contributed by atoms with Gasteiger partial charge in [0.2, 0.25) is 0 Å². The third-order valence-electron chi connectivity index (χ3n) is 3.02. The summed E-state index contributed by atoms with van der Waals surface area (Å²) in [4.78, 5) is 4.19. The number of ether oxygens (including phenoxy) is 1. The normalized spacial score (nSPS) is 11.0. The summed E-state index contributed by atoms with van der Waals surface area (Å²) in [6, 6.07) is 7.92. The summed E-state index contributed by atoms with van der Waals surface area (Å²) in [5, 5.41) is 7.29. The highest BCUT2D eigenvalue weighted by Crippen LogP contribution is 2.09. The Labute approximate surface area is 156 Å². The number of rotatable bonds is 9. The van der Waals surface area contributed by atoms with Crippen LogP contribution in [0, 0.1) is 0 Å². The van der Waals surface area contributed by atoms with E-state index in [1.54, 1.807) is 7.05 Å². The molecule has 0 amide bonds. The Kier molecular flexibility index (Phi) is 13.7. The van der Waals surface area contributed by atoms with Crippen molar-refractivity contribution in [3.8, 4) is 0 Å². The molecule has 0 heterocycles. The molecular formula is C16H27ClIN3O. The molecule has 0 radical (unpaired) electrons. The van der Waals surface area contributed by atoms with E-state index in [-0.39, 0.29) is 24.0 Å². The van der Waals surface area contributed by atoms with Crippen molar-refractivity contribution >= 4 is 41.5 Å². The predicted molar refractivity (Wildman–Crippen MR) is 106 cm³/mol. The van der Waals surface area contributed by atoms with Crippen LogP contribution in [0.25, 0.3) is 0 Å². The summed E-state index contributed by atoms with van der Waals surface area (Å²) in [5.41, 5.74) is 1.25. The fraction of sp³-hybridized carbons (Fsp3) is 0.562. The van der Waals surface area contributed by atoms with Crippen molar-refractivity contribution in [2.45, 2.75) is 26.2 Å². The van der Waals surface area contributed by atoms with Crippen molar-refractivity contribution < 1.29 is 4.74 Å². The molecule has 4 nitrogen and oxygen atoms in total. The lowest BCUT2D eigenvalue weighted by Gasteiger charge is -2.12. The van der Waals surface area contributed by atoms with Gasteiger partial charge in [-0.05, 0) is 30.5 Å². The third kappa shape index (κ3) is 10.2. The molecule has 0 saturated heterocycles. The van der Waals surface area contributed by atoms with Crippen LogP contribution in [0.4, 0.5) is 0 Å². The summed E-state index contributed by atoms with van der Waals surface area (Å²) >= 11 is 5.86. The minimum atomic E-state index is 0. The summed E-state index contributed by atoms with van der Waals surface area (Å²) in [6.45, 7) is 5.30. The molecular weight excluding hydrogens is 413 g/mol. The first-order valence-corrected chi connectivity index (χ1v) is 7.90. The Morgan fingerprint density at radius 3 is 2.45 bits per heavy atom. The second-order valence-electron chi connectivity index (χ2n) is 4.77. The van der Waals surface area contributed by atoms with Gasteiger partial charge in [-0.1, -0.05) is 37.1 Å². The highest BCUT2D eigenvalue weighted by Gasteiger charge is 1.98. The van der Waals surface area contributed by atoms with Gasteiger partial charge < -0.3 is 15.4 Å². The quantitative estimate of drug-likeness (QED) is 0.268. The molecule has 0 aliphatic rings. The molecule has 0 aliphatic heterocycles. The fourth-order valence-corrected chi connectivity index (χ4v) is 1.91. The maximum Gasteiger partial charge on any atom is 0.191 e. The van der Waals surface area contributed by atoms with Crippen molar-refractivity contribution in [2.75, 3.05) is 33.4 Å². The van der Waals surface area contributed by atoms with Crippen LogP contribution >= 0.6 is 35.6 Å². The third-order valence-corrected chi connectivity index (χ3v) is 3.28. The van der Waals surface area contributed by atoms with E-state index in [4.69, 9.17) is 16.3 Å². The Morgan fingerprint density at radius 1 is 1.14 bits per heavy atom. The lowest BCUT2D eigenvalue weighted by atomic mass is 10.1. The zero-order valence-corrected chi connectivity index (χ0v) is 16.5. The van der Waals surface area contributed by atoms with Gasteiger partial charge in [0, 0.05) is 31.8 Å². The lowest BCUT2D eigenvalue weighted by Crippen LogP contribution is -2.39. The minimum Gasteiger partial charge on any atom is -0.380 e. The van der Waals surface area contributed by atoms with E-state index in [0.717, 1.165) is 43.5 Å². The van der Waals surface area contributed by atoms with E-state index in [1.165, 1.54) is 12.0 Å². The first kappa shape index (κ1) is 21.5. The van der Waals surface area contributed by atoms with Gasteiger partial charge in [-0.3, -0.25) is 4.99 Å². The van der Waals surface area contributed by atoms with Crippen molar-refractivity contribution in [3.63, 3.8) is 0 Å². The smallest absolute Gasteiger partial charge is 0.191 e. The van der Waals surface area contributed by atoms with E-state index < -0.39 is 0 Å². The molecule has 1 aromatic carbocycles. The summed E-state index contributed by atoms with van der Waals surface area (Å²) < 4.78 is 5.50. The van der Waals surface area contributed by atoms with Gasteiger partial charge in [-0.15, -0.1) is 24.0 Å². The van der Waals surface area contributed by atoms with E-state index in [9.17, 15) is 0 Å². The predicted octanol–water partition coefficient (Wildman–Crippen LogP) is 3.48. The molecule has 6 heteroatoms. The van der Waals surface area contributed by atoms with Gasteiger partial charge in [0.15, 0.2) is 5.96 Å². The standard InChI is InChI=1S/C16H26ClN3O.HI/c1-3-4-12-21-13-11-20-16(18-2)19-10-9-14-5-7-15(17)8-6-14;/h5-8H,3-4,9-13H2,1-2H3,(H2,18,19,20);1H. The highest BCUT2D eigenvalue weighted by molar-refractivity contribution is 14.0. The Morgan fingerprint density at radius 2 is 1.82 bits per heavy atom. The van der Waals surface area contributed by atoms with Crippen LogP contribution in [0.15, 0.2) is 29.3 Å². The topological polar surface area (TPSA) is 45.6 Å². The molecule has 2 N–H and O–H groups in total. The molecule has 0 aromatic heterocycles. The average Bonchev–Trinajstić information content (AvgIpc) is 2.50. The first-order valence-electron chi connectivity index (χ1n) is 7.53. The van der Waals surface area contributed by atoms with Gasteiger partial charge in [-0.2, -0.15) is 0 Å². The summed E-state index contributed by atoms with van der Waals surface area (Å²) in [5.74, 6) is 0.808. The van der Waals surface area contributed by atoms with Gasteiger partial charge in [-0.25, -0.2) is 0 Å². The van der Waals surface area contributed by atoms with E-state index in [2.05, 4.69) is 22.5 Å². The molecule has 126 valence electrons. The van der Waals surface area contributed by atoms with Gasteiger partial charge in [0.05, 0.1) is 6.61 Å². The van der Waals surface area contributed by atoms with E-state index >= 15 is 0 Å². The van der Waals surface area contributed by atoms with Gasteiger partial charge >= 0.3 is 0 Å². The number of nitrogens with one attached hydrogen (secondary N) is 2. The molecule has 0 aliphatic carbocycles. The largest absolute Gasteiger partial charge is 0.380 e. The molecule has 22 heavy (non-hydrogen) atoms. The van der Waals surface area contributed by atoms with E-state index in [1.807, 2.05) is 24.3 Å². The van der Waals surface area contributed by atoms with Crippen LogP contribution in [0.1, 0.15) is 25.3 Å². The number of hydrogen-bond acceptors (Lipinski definition) is 2. The zero-order chi connectivity index (χ0) is 15.3. The molecule has 0 fully saturated rings. The highest BCUT2D eigenvalue weighted by atomic mass is 127. The number of nitrogens with zero attached hydrogens (tertiary/aromatic N) is 1. The van der Waals surface area contributed by atoms with E-state index in [0.29, 0.717) is 6.61 Å². The molecule has 1 rings (SSSR count). The Hall–Kier alpha value is -0.530.